The number of hydrogen-bond donors (Lipinski definition) is 1. The number of methoxy groups -OCH3 is 1. The van der Waals surface area contributed by atoms with Crippen molar-refractivity contribution in [1.29, 1.82) is 0 Å². The zero-order valence-corrected chi connectivity index (χ0v) is 12.8. The van der Waals surface area contributed by atoms with Gasteiger partial charge in [-0.2, -0.15) is 0 Å². The van der Waals surface area contributed by atoms with Crippen molar-refractivity contribution in [2.45, 2.75) is 19.1 Å². The number of amides is 1. The minimum atomic E-state index is -1.25. The summed E-state index contributed by atoms with van der Waals surface area (Å²) in [6.45, 7) is 0.825. The highest BCUT2D eigenvalue weighted by Gasteiger charge is 2.27. The molecule has 1 heterocycles. The van der Waals surface area contributed by atoms with Gasteiger partial charge in [0.1, 0.15) is 11.6 Å². The number of nitrogens with zero attached hydrogens (tertiary/aromatic N) is 1. The van der Waals surface area contributed by atoms with E-state index in [0.717, 1.165) is 11.1 Å². The molecule has 1 aliphatic rings. The standard InChI is InChI=1S/C18H18FNO3/c1-23-16-4-2-3-13(10-16)17(21)18(22)20-8-7-12-5-6-15(19)9-14(12)11-20/h2-6,9-10,17,21H,7-8,11H2,1H3/t17-/m1/s1. The maximum Gasteiger partial charge on any atom is 0.256 e. The summed E-state index contributed by atoms with van der Waals surface area (Å²) in [5, 5.41) is 10.3. The molecular weight excluding hydrogens is 297 g/mol. The largest absolute Gasteiger partial charge is 0.497 e. The molecule has 2 aromatic rings. The molecule has 0 unspecified atom stereocenters. The highest BCUT2D eigenvalue weighted by Crippen LogP contribution is 2.25. The third-order valence-electron chi connectivity index (χ3n) is 4.14. The highest BCUT2D eigenvalue weighted by atomic mass is 19.1. The lowest BCUT2D eigenvalue weighted by Gasteiger charge is -2.30. The van der Waals surface area contributed by atoms with Gasteiger partial charge in [-0.3, -0.25) is 4.79 Å². The molecule has 4 nitrogen and oxygen atoms in total. The summed E-state index contributed by atoms with van der Waals surface area (Å²) in [5.41, 5.74) is 2.33. The average Bonchev–Trinajstić information content (AvgIpc) is 2.59. The third kappa shape index (κ3) is 3.19. The molecule has 1 atom stereocenters. The maximum atomic E-state index is 13.4. The van der Waals surface area contributed by atoms with Crippen molar-refractivity contribution in [1.82, 2.24) is 4.90 Å². The van der Waals surface area contributed by atoms with Crippen molar-refractivity contribution in [2.24, 2.45) is 0 Å². The molecule has 23 heavy (non-hydrogen) atoms. The molecule has 120 valence electrons. The predicted molar refractivity (Wildman–Crippen MR) is 83.5 cm³/mol. The molecule has 1 N–H and O–H groups in total. The van der Waals surface area contributed by atoms with E-state index in [9.17, 15) is 14.3 Å². The fourth-order valence-corrected chi connectivity index (χ4v) is 2.84. The molecule has 0 saturated heterocycles. The first-order chi connectivity index (χ1) is 11.1. The van der Waals surface area contributed by atoms with Crippen LogP contribution in [0.1, 0.15) is 22.8 Å². The summed E-state index contributed by atoms with van der Waals surface area (Å²) in [6.07, 6.45) is -0.591. The van der Waals surface area contributed by atoms with E-state index < -0.39 is 6.10 Å². The van der Waals surface area contributed by atoms with E-state index in [4.69, 9.17) is 4.74 Å². The summed E-state index contributed by atoms with van der Waals surface area (Å²) in [5.74, 6) is -0.111. The highest BCUT2D eigenvalue weighted by molar-refractivity contribution is 5.82. The molecule has 2 aromatic carbocycles. The minimum absolute atomic E-state index is 0.312. The van der Waals surface area contributed by atoms with E-state index in [-0.39, 0.29) is 11.7 Å². The van der Waals surface area contributed by atoms with Gasteiger partial charge in [0.2, 0.25) is 0 Å². The first-order valence-electron chi connectivity index (χ1n) is 7.46. The molecule has 1 amide bonds. The summed E-state index contributed by atoms with van der Waals surface area (Å²) >= 11 is 0. The Bertz CT molecular complexity index is 732. The van der Waals surface area contributed by atoms with Crippen LogP contribution in [0, 0.1) is 5.82 Å². The van der Waals surface area contributed by atoms with Gasteiger partial charge in [-0.1, -0.05) is 18.2 Å². The molecule has 0 aromatic heterocycles. The van der Waals surface area contributed by atoms with Gasteiger partial charge in [0.15, 0.2) is 6.10 Å². The van der Waals surface area contributed by atoms with Gasteiger partial charge in [0.25, 0.3) is 5.91 Å². The number of aliphatic hydroxyl groups excluding tert-OH is 1. The second kappa shape index (κ2) is 6.38. The summed E-state index contributed by atoms with van der Waals surface area (Å²) in [4.78, 5) is 14.1. The topological polar surface area (TPSA) is 49.8 Å². The van der Waals surface area contributed by atoms with Gasteiger partial charge >= 0.3 is 0 Å². The monoisotopic (exact) mass is 315 g/mol. The van der Waals surface area contributed by atoms with Crippen LogP contribution in [0.3, 0.4) is 0 Å². The zero-order valence-electron chi connectivity index (χ0n) is 12.8. The Morgan fingerprint density at radius 3 is 2.87 bits per heavy atom. The number of benzene rings is 2. The van der Waals surface area contributed by atoms with Crippen LogP contribution in [-0.2, 0) is 17.8 Å². The van der Waals surface area contributed by atoms with Crippen molar-refractivity contribution in [3.63, 3.8) is 0 Å². The number of rotatable bonds is 3. The number of carbonyl (C=O) groups excluding carboxylic acids is 1. The average molecular weight is 315 g/mol. The van der Waals surface area contributed by atoms with Crippen LogP contribution in [0.25, 0.3) is 0 Å². The van der Waals surface area contributed by atoms with Crippen LogP contribution in [-0.4, -0.2) is 29.6 Å². The van der Waals surface area contributed by atoms with E-state index in [2.05, 4.69) is 0 Å². The molecule has 0 saturated carbocycles. The van der Waals surface area contributed by atoms with E-state index in [1.54, 1.807) is 35.2 Å². The number of fused-ring (bicyclic) bond motifs is 1. The maximum absolute atomic E-state index is 13.4. The quantitative estimate of drug-likeness (QED) is 0.946. The van der Waals surface area contributed by atoms with Gasteiger partial charge in [-0.15, -0.1) is 0 Å². The first-order valence-corrected chi connectivity index (χ1v) is 7.46. The molecule has 0 fully saturated rings. The Balaban J connectivity index is 1.78. The second-order valence-corrected chi connectivity index (χ2v) is 5.60. The fourth-order valence-electron chi connectivity index (χ4n) is 2.84. The van der Waals surface area contributed by atoms with Crippen LogP contribution in [0.5, 0.6) is 5.75 Å². The van der Waals surface area contributed by atoms with Crippen LogP contribution in [0.4, 0.5) is 4.39 Å². The zero-order chi connectivity index (χ0) is 16.4. The number of hydrogen-bond acceptors (Lipinski definition) is 3. The SMILES string of the molecule is COc1cccc([C@@H](O)C(=O)N2CCc3ccc(F)cc3C2)c1. The smallest absolute Gasteiger partial charge is 0.256 e. The molecule has 0 radical (unpaired) electrons. The fraction of sp³-hybridized carbons (Fsp3) is 0.278. The van der Waals surface area contributed by atoms with E-state index in [0.29, 0.717) is 30.8 Å². The summed E-state index contributed by atoms with van der Waals surface area (Å²) in [7, 11) is 1.53. The second-order valence-electron chi connectivity index (χ2n) is 5.60. The Hall–Kier alpha value is -2.40. The lowest BCUT2D eigenvalue weighted by molar-refractivity contribution is -0.141. The van der Waals surface area contributed by atoms with Gasteiger partial charge in [0.05, 0.1) is 7.11 Å². The number of carbonyl (C=O) groups is 1. The van der Waals surface area contributed by atoms with Crippen molar-refractivity contribution in [3.8, 4) is 5.75 Å². The Morgan fingerprint density at radius 1 is 1.26 bits per heavy atom. The van der Waals surface area contributed by atoms with Gasteiger partial charge in [-0.05, 0) is 47.4 Å². The van der Waals surface area contributed by atoms with Crippen molar-refractivity contribution >= 4 is 5.91 Å². The molecule has 0 spiro atoms. The number of halogens is 1. The minimum Gasteiger partial charge on any atom is -0.497 e. The lowest BCUT2D eigenvalue weighted by Crippen LogP contribution is -2.39. The van der Waals surface area contributed by atoms with Crippen LogP contribution in [0.15, 0.2) is 42.5 Å². The molecule has 0 bridgehead atoms. The van der Waals surface area contributed by atoms with Crippen molar-refractivity contribution < 1.29 is 19.0 Å². The van der Waals surface area contributed by atoms with Crippen LogP contribution in [0.2, 0.25) is 0 Å². The molecule has 1 aliphatic heterocycles. The van der Waals surface area contributed by atoms with Crippen molar-refractivity contribution in [2.75, 3.05) is 13.7 Å². The van der Waals surface area contributed by atoms with E-state index in [1.807, 2.05) is 0 Å². The van der Waals surface area contributed by atoms with Crippen LogP contribution < -0.4 is 4.74 Å². The Kier molecular flexibility index (Phi) is 4.30. The van der Waals surface area contributed by atoms with Gasteiger partial charge < -0.3 is 14.7 Å². The molecular formula is C18H18FNO3. The Morgan fingerprint density at radius 2 is 2.09 bits per heavy atom. The number of ether oxygens (including phenoxy) is 1. The molecule has 5 heteroatoms. The number of aliphatic hydroxyl groups is 1. The van der Waals surface area contributed by atoms with Gasteiger partial charge in [0, 0.05) is 13.1 Å². The van der Waals surface area contributed by atoms with Crippen LogP contribution >= 0.6 is 0 Å². The Labute approximate surface area is 134 Å². The first kappa shape index (κ1) is 15.5. The molecule has 0 aliphatic carbocycles. The normalized spacial score (nSPS) is 15.0. The lowest BCUT2D eigenvalue weighted by atomic mass is 9.98. The van der Waals surface area contributed by atoms with Gasteiger partial charge in [-0.25, -0.2) is 4.39 Å². The summed E-state index contributed by atoms with van der Waals surface area (Å²) in [6, 6.07) is 11.4. The predicted octanol–water partition coefficient (Wildman–Crippen LogP) is 2.45. The molecule has 3 rings (SSSR count). The third-order valence-corrected chi connectivity index (χ3v) is 4.14. The van der Waals surface area contributed by atoms with E-state index in [1.165, 1.54) is 19.2 Å². The van der Waals surface area contributed by atoms with Crippen molar-refractivity contribution in [3.05, 3.63) is 65.0 Å². The van der Waals surface area contributed by atoms with E-state index >= 15 is 0 Å². The summed E-state index contributed by atoms with van der Waals surface area (Å²) < 4.78 is 18.5.